The van der Waals surface area contributed by atoms with Gasteiger partial charge in [0, 0.05) is 23.6 Å². The minimum absolute atomic E-state index is 0.0841. The number of thiazole rings is 1. The van der Waals surface area contributed by atoms with Gasteiger partial charge in [-0.3, -0.25) is 9.36 Å². The van der Waals surface area contributed by atoms with E-state index in [4.69, 9.17) is 9.15 Å². The Morgan fingerprint density at radius 2 is 2.00 bits per heavy atom. The molecule has 0 atom stereocenters. The smallest absolute Gasteiger partial charge is 0.417 e. The first-order chi connectivity index (χ1) is 13.7. The van der Waals surface area contributed by atoms with E-state index in [0.717, 1.165) is 11.3 Å². The largest absolute Gasteiger partial charge is 0.494 e. The molecule has 0 aliphatic rings. The van der Waals surface area contributed by atoms with Crippen LogP contribution in [0.4, 0.5) is 13.2 Å². The van der Waals surface area contributed by atoms with E-state index >= 15 is 0 Å². The third-order valence-electron chi connectivity index (χ3n) is 4.43. The molecule has 6 nitrogen and oxygen atoms in total. The Kier molecular flexibility index (Phi) is 6.02. The highest BCUT2D eigenvalue weighted by Crippen LogP contribution is 2.37. The van der Waals surface area contributed by atoms with E-state index in [1.165, 1.54) is 22.1 Å². The number of hydrogen-bond donors (Lipinski definition) is 1. The zero-order valence-electron chi connectivity index (χ0n) is 15.4. The van der Waals surface area contributed by atoms with Crippen molar-refractivity contribution < 1.29 is 27.4 Å². The first kappa shape index (κ1) is 21.0. The maximum atomic E-state index is 13.2. The highest BCUT2D eigenvalue weighted by atomic mass is 32.1. The fourth-order valence-electron chi connectivity index (χ4n) is 3.05. The average molecular weight is 429 g/mol. The number of benzene rings is 1. The molecule has 0 bridgehead atoms. The zero-order chi connectivity index (χ0) is 21.2. The van der Waals surface area contributed by atoms with Crippen LogP contribution in [0.1, 0.15) is 30.9 Å². The molecular weight excluding hydrogens is 411 g/mol. The Morgan fingerprint density at radius 3 is 2.62 bits per heavy atom. The molecule has 0 unspecified atom stereocenters. The van der Waals surface area contributed by atoms with Gasteiger partial charge in [0.05, 0.1) is 17.6 Å². The summed E-state index contributed by atoms with van der Waals surface area (Å²) in [7, 11) is 0. The molecule has 0 spiro atoms. The number of aromatic nitrogens is 1. The molecule has 2 heterocycles. The summed E-state index contributed by atoms with van der Waals surface area (Å²) in [6, 6.07) is 3.12. The molecule has 3 aromatic rings. The molecule has 1 aromatic carbocycles. The van der Waals surface area contributed by atoms with Crippen LogP contribution in [0.15, 0.2) is 37.6 Å². The monoisotopic (exact) mass is 429 g/mol. The van der Waals surface area contributed by atoms with Crippen LogP contribution in [0.3, 0.4) is 0 Å². The first-order valence-corrected chi connectivity index (χ1v) is 9.77. The Hall–Kier alpha value is -2.75. The van der Waals surface area contributed by atoms with Gasteiger partial charge in [0.25, 0.3) is 0 Å². The van der Waals surface area contributed by atoms with Gasteiger partial charge >= 0.3 is 16.7 Å². The maximum absolute atomic E-state index is 13.2. The van der Waals surface area contributed by atoms with Gasteiger partial charge in [-0.15, -0.1) is 0 Å². The van der Waals surface area contributed by atoms with E-state index in [2.05, 4.69) is 0 Å². The van der Waals surface area contributed by atoms with Gasteiger partial charge < -0.3 is 14.3 Å². The number of hydrogen-bond acceptors (Lipinski definition) is 6. The molecular formula is C19H18F3NO5S. The third-order valence-corrected chi connectivity index (χ3v) is 5.18. The van der Waals surface area contributed by atoms with E-state index in [0.29, 0.717) is 43.2 Å². The zero-order valence-corrected chi connectivity index (χ0v) is 16.2. The number of halogens is 3. The SMILES string of the molecule is CCc1c(OCCCCn2c(O)csc2=O)ccc2c(C(F)(F)F)cc(=O)oc12. The lowest BCUT2D eigenvalue weighted by atomic mass is 10.0. The van der Waals surface area contributed by atoms with Crippen molar-refractivity contribution in [3.05, 3.63) is 54.8 Å². The molecule has 0 aliphatic heterocycles. The summed E-state index contributed by atoms with van der Waals surface area (Å²) in [4.78, 5) is 22.9. The molecule has 3 rings (SSSR count). The lowest BCUT2D eigenvalue weighted by Gasteiger charge is -2.15. The van der Waals surface area contributed by atoms with Crippen LogP contribution in [0.2, 0.25) is 0 Å². The molecule has 2 aromatic heterocycles. The number of rotatable bonds is 7. The fraction of sp³-hybridized carbons (Fsp3) is 0.368. The van der Waals surface area contributed by atoms with E-state index in [-0.39, 0.29) is 28.3 Å². The molecule has 0 saturated heterocycles. The Bertz CT molecular complexity index is 1130. The quantitative estimate of drug-likeness (QED) is 0.451. The number of aryl methyl sites for hydroxylation is 1. The average Bonchev–Trinajstić information content (AvgIpc) is 2.97. The summed E-state index contributed by atoms with van der Waals surface area (Å²) >= 11 is 0.912. The number of nitrogens with zero attached hydrogens (tertiary/aromatic N) is 1. The predicted molar refractivity (Wildman–Crippen MR) is 102 cm³/mol. The molecule has 1 N–H and O–H groups in total. The highest BCUT2D eigenvalue weighted by Gasteiger charge is 2.34. The van der Waals surface area contributed by atoms with Crippen LogP contribution in [-0.4, -0.2) is 16.3 Å². The Balaban J connectivity index is 1.76. The molecule has 0 amide bonds. The second kappa shape index (κ2) is 8.32. The van der Waals surface area contributed by atoms with Gasteiger partial charge in [-0.25, -0.2) is 4.79 Å². The summed E-state index contributed by atoms with van der Waals surface area (Å²) in [5.74, 6) is 0.261. The van der Waals surface area contributed by atoms with E-state index < -0.39 is 17.4 Å². The lowest BCUT2D eigenvalue weighted by Crippen LogP contribution is -2.13. The van der Waals surface area contributed by atoms with Crippen LogP contribution in [0.25, 0.3) is 11.0 Å². The van der Waals surface area contributed by atoms with E-state index in [1.807, 2.05) is 0 Å². The van der Waals surface area contributed by atoms with Crippen molar-refractivity contribution in [3.8, 4) is 11.6 Å². The number of fused-ring (bicyclic) bond motifs is 1. The van der Waals surface area contributed by atoms with Gasteiger partial charge in [0.2, 0.25) is 5.88 Å². The van der Waals surface area contributed by atoms with Gasteiger partial charge in [0.1, 0.15) is 11.3 Å². The van der Waals surface area contributed by atoms with Gasteiger partial charge in [0.15, 0.2) is 0 Å². The Morgan fingerprint density at radius 1 is 1.24 bits per heavy atom. The van der Waals surface area contributed by atoms with Crippen molar-refractivity contribution in [1.82, 2.24) is 4.57 Å². The molecule has 0 radical (unpaired) electrons. The third kappa shape index (κ3) is 4.47. The van der Waals surface area contributed by atoms with Crippen LogP contribution in [0.5, 0.6) is 11.6 Å². The number of unbranched alkanes of at least 4 members (excludes halogenated alkanes) is 1. The van der Waals surface area contributed by atoms with Crippen molar-refractivity contribution in [2.24, 2.45) is 0 Å². The van der Waals surface area contributed by atoms with Crippen molar-refractivity contribution in [1.29, 1.82) is 0 Å². The van der Waals surface area contributed by atoms with E-state index in [9.17, 15) is 27.9 Å². The second-order valence-corrected chi connectivity index (χ2v) is 7.14. The topological polar surface area (TPSA) is 81.7 Å². The Labute approximate surface area is 166 Å². The number of aromatic hydroxyl groups is 1. The number of alkyl halides is 3. The summed E-state index contributed by atoms with van der Waals surface area (Å²) in [6.07, 6.45) is -3.25. The highest BCUT2D eigenvalue weighted by molar-refractivity contribution is 7.07. The molecule has 0 fully saturated rings. The van der Waals surface area contributed by atoms with Crippen molar-refractivity contribution in [2.45, 2.75) is 38.9 Å². The summed E-state index contributed by atoms with van der Waals surface area (Å²) in [5, 5.41) is 10.7. The second-order valence-electron chi connectivity index (χ2n) is 6.32. The van der Waals surface area contributed by atoms with Gasteiger partial charge in [-0.05, 0) is 31.4 Å². The van der Waals surface area contributed by atoms with Crippen LogP contribution >= 0.6 is 11.3 Å². The predicted octanol–water partition coefficient (Wildman–Crippen LogP) is 4.16. The normalized spacial score (nSPS) is 11.9. The van der Waals surface area contributed by atoms with Crippen molar-refractivity contribution >= 4 is 22.3 Å². The van der Waals surface area contributed by atoms with Gasteiger partial charge in [-0.2, -0.15) is 13.2 Å². The van der Waals surface area contributed by atoms with Crippen LogP contribution in [-0.2, 0) is 19.1 Å². The first-order valence-electron chi connectivity index (χ1n) is 8.89. The molecule has 0 aliphatic carbocycles. The van der Waals surface area contributed by atoms with Gasteiger partial charge in [-0.1, -0.05) is 18.3 Å². The molecule has 156 valence electrons. The van der Waals surface area contributed by atoms with Crippen LogP contribution in [0, 0.1) is 0 Å². The minimum Gasteiger partial charge on any atom is -0.494 e. The standard InChI is InChI=1S/C19H18F3NO5S/c1-2-11-14(27-8-4-3-7-23-15(24)10-29-18(23)26)6-5-12-13(19(20,21)22)9-16(25)28-17(11)12/h5-6,9-10,24H,2-4,7-8H2,1H3. The molecule has 29 heavy (non-hydrogen) atoms. The summed E-state index contributed by atoms with van der Waals surface area (Å²) in [6.45, 7) is 2.31. The summed E-state index contributed by atoms with van der Waals surface area (Å²) < 4.78 is 51.7. The fourth-order valence-corrected chi connectivity index (χ4v) is 3.70. The summed E-state index contributed by atoms with van der Waals surface area (Å²) in [5.41, 5.74) is -1.85. The van der Waals surface area contributed by atoms with E-state index in [1.54, 1.807) is 6.92 Å². The molecule has 10 heteroatoms. The van der Waals surface area contributed by atoms with Crippen LogP contribution < -0.4 is 15.2 Å². The molecule has 0 saturated carbocycles. The van der Waals surface area contributed by atoms with Crippen molar-refractivity contribution in [3.63, 3.8) is 0 Å². The van der Waals surface area contributed by atoms with Crippen molar-refractivity contribution in [2.75, 3.05) is 6.61 Å². The number of ether oxygens (including phenoxy) is 1. The maximum Gasteiger partial charge on any atom is 0.417 e. The minimum atomic E-state index is -4.67. The lowest BCUT2D eigenvalue weighted by molar-refractivity contribution is -0.136.